The molecule has 0 saturated heterocycles. The Labute approximate surface area is 120 Å². The number of sulfone groups is 1. The third-order valence-corrected chi connectivity index (χ3v) is 6.20. The first-order valence-corrected chi connectivity index (χ1v) is 9.46. The van der Waals surface area contributed by atoms with Crippen LogP contribution in [-0.2, 0) is 19.9 Å². The number of nitrogens with two attached hydrogens (primary N) is 1. The summed E-state index contributed by atoms with van der Waals surface area (Å²) in [4.78, 5) is -0.235. The van der Waals surface area contributed by atoms with E-state index in [9.17, 15) is 16.8 Å². The number of benzene rings is 1. The highest BCUT2D eigenvalue weighted by Gasteiger charge is 2.28. The van der Waals surface area contributed by atoms with Crippen LogP contribution in [0.25, 0.3) is 0 Å². The lowest BCUT2D eigenvalue weighted by Gasteiger charge is -2.25. The van der Waals surface area contributed by atoms with Crippen LogP contribution in [0.15, 0.2) is 28.0 Å². The first-order chi connectivity index (χ1) is 9.01. The molecule has 8 heteroatoms. The van der Waals surface area contributed by atoms with Gasteiger partial charge >= 0.3 is 0 Å². The summed E-state index contributed by atoms with van der Waals surface area (Å²) in [5, 5.41) is 0. The van der Waals surface area contributed by atoms with Crippen LogP contribution in [-0.4, -0.2) is 40.0 Å². The van der Waals surface area contributed by atoms with Crippen molar-refractivity contribution in [3.63, 3.8) is 0 Å². The molecular formula is C12H20N2O4S2. The molecule has 0 atom stereocenters. The third kappa shape index (κ3) is 3.31. The van der Waals surface area contributed by atoms with Gasteiger partial charge in [0.05, 0.1) is 10.6 Å². The lowest BCUT2D eigenvalue weighted by Crippen LogP contribution is -2.37. The fraction of sp³-hybridized carbons (Fsp3) is 0.500. The molecule has 0 aliphatic carbocycles. The Balaban J connectivity index is 3.53. The van der Waals surface area contributed by atoms with Crippen molar-refractivity contribution in [3.05, 3.63) is 18.2 Å². The van der Waals surface area contributed by atoms with Gasteiger partial charge in [0.15, 0.2) is 9.84 Å². The van der Waals surface area contributed by atoms with E-state index >= 15 is 0 Å². The van der Waals surface area contributed by atoms with Gasteiger partial charge in [-0.15, -0.1) is 0 Å². The van der Waals surface area contributed by atoms with Gasteiger partial charge in [-0.3, -0.25) is 0 Å². The Morgan fingerprint density at radius 3 is 2.15 bits per heavy atom. The Hall–Kier alpha value is -1.12. The molecule has 0 bridgehead atoms. The highest BCUT2D eigenvalue weighted by atomic mass is 32.2. The Bertz CT molecular complexity index is 694. The topological polar surface area (TPSA) is 97.5 Å². The van der Waals surface area contributed by atoms with Crippen molar-refractivity contribution in [2.24, 2.45) is 0 Å². The number of hydrogen-bond acceptors (Lipinski definition) is 5. The smallest absolute Gasteiger partial charge is 0.245 e. The van der Waals surface area contributed by atoms with Crippen molar-refractivity contribution in [1.82, 2.24) is 4.31 Å². The van der Waals surface area contributed by atoms with E-state index in [1.165, 1.54) is 16.4 Å². The van der Waals surface area contributed by atoms with Crippen molar-refractivity contribution < 1.29 is 16.8 Å². The number of rotatable bonds is 5. The van der Waals surface area contributed by atoms with E-state index in [4.69, 9.17) is 5.73 Å². The molecule has 0 aromatic heterocycles. The first-order valence-electron chi connectivity index (χ1n) is 6.13. The van der Waals surface area contributed by atoms with E-state index in [-0.39, 0.29) is 28.1 Å². The molecule has 1 aromatic rings. The number of anilines is 1. The average molecular weight is 320 g/mol. The molecule has 0 amide bonds. The van der Waals surface area contributed by atoms with Crippen LogP contribution in [0.2, 0.25) is 0 Å². The lowest BCUT2D eigenvalue weighted by molar-refractivity contribution is 0.369. The zero-order valence-electron chi connectivity index (χ0n) is 12.0. The third-order valence-electron chi connectivity index (χ3n) is 2.89. The summed E-state index contributed by atoms with van der Waals surface area (Å²) in [6.07, 6.45) is 1.02. The summed E-state index contributed by atoms with van der Waals surface area (Å²) in [7, 11) is -7.31. The molecule has 20 heavy (non-hydrogen) atoms. The molecule has 1 aromatic carbocycles. The lowest BCUT2D eigenvalue weighted by atomic mass is 10.3. The van der Waals surface area contributed by atoms with Crippen LogP contribution in [0.4, 0.5) is 5.69 Å². The molecule has 114 valence electrons. The van der Waals surface area contributed by atoms with Crippen LogP contribution < -0.4 is 5.73 Å². The van der Waals surface area contributed by atoms with E-state index in [0.717, 1.165) is 12.3 Å². The van der Waals surface area contributed by atoms with Gasteiger partial charge in [0.1, 0.15) is 4.90 Å². The number of nitrogen functional groups attached to an aromatic ring is 1. The predicted molar refractivity (Wildman–Crippen MR) is 78.7 cm³/mol. The van der Waals surface area contributed by atoms with Gasteiger partial charge in [0.2, 0.25) is 10.0 Å². The summed E-state index contributed by atoms with van der Waals surface area (Å²) in [6, 6.07) is 3.48. The number of sulfonamides is 1. The van der Waals surface area contributed by atoms with E-state index in [0.29, 0.717) is 0 Å². The Kier molecular flexibility index (Phi) is 4.83. The summed E-state index contributed by atoms with van der Waals surface area (Å²) in [6.45, 7) is 5.49. The molecule has 0 radical (unpaired) electrons. The fourth-order valence-electron chi connectivity index (χ4n) is 1.91. The van der Waals surface area contributed by atoms with E-state index in [2.05, 4.69) is 0 Å². The summed E-state index contributed by atoms with van der Waals surface area (Å²) in [5.41, 5.74) is 5.75. The molecule has 6 nitrogen and oxygen atoms in total. The maximum Gasteiger partial charge on any atom is 0.245 e. The van der Waals surface area contributed by atoms with Crippen LogP contribution in [0, 0.1) is 0 Å². The maximum absolute atomic E-state index is 12.6. The normalized spacial score (nSPS) is 13.1. The maximum atomic E-state index is 12.6. The Morgan fingerprint density at radius 2 is 1.75 bits per heavy atom. The molecule has 0 heterocycles. The molecule has 0 unspecified atom stereocenters. The van der Waals surface area contributed by atoms with Crippen molar-refractivity contribution in [2.45, 2.75) is 36.6 Å². The van der Waals surface area contributed by atoms with Gasteiger partial charge < -0.3 is 5.73 Å². The van der Waals surface area contributed by atoms with Crippen LogP contribution >= 0.6 is 0 Å². The van der Waals surface area contributed by atoms with Gasteiger partial charge in [-0.2, -0.15) is 4.31 Å². The standard InChI is InChI=1S/C12H20N2O4S2/c1-5-14(9(2)3)20(17,18)12-8-10(19(4,15)16)6-7-11(12)13/h6-9H,5,13H2,1-4H3. The predicted octanol–water partition coefficient (Wildman–Crippen LogP) is 1.09. The van der Waals surface area contributed by atoms with Crippen LogP contribution in [0.1, 0.15) is 20.8 Å². The van der Waals surface area contributed by atoms with Gasteiger partial charge in [-0.1, -0.05) is 6.92 Å². The average Bonchev–Trinajstić information content (AvgIpc) is 2.27. The molecule has 2 N–H and O–H groups in total. The quantitative estimate of drug-likeness (QED) is 0.819. The Morgan fingerprint density at radius 1 is 1.20 bits per heavy atom. The van der Waals surface area contributed by atoms with Gasteiger partial charge in [0.25, 0.3) is 0 Å². The zero-order valence-corrected chi connectivity index (χ0v) is 13.6. The summed E-state index contributed by atoms with van der Waals surface area (Å²) >= 11 is 0. The van der Waals surface area contributed by atoms with E-state index in [1.807, 2.05) is 0 Å². The fourth-order valence-corrected chi connectivity index (χ4v) is 4.42. The molecule has 1 rings (SSSR count). The molecule has 0 fully saturated rings. The molecular weight excluding hydrogens is 300 g/mol. The largest absolute Gasteiger partial charge is 0.398 e. The highest BCUT2D eigenvalue weighted by molar-refractivity contribution is 7.91. The molecule has 0 aliphatic heterocycles. The SMILES string of the molecule is CCN(C(C)C)S(=O)(=O)c1cc(S(C)(=O)=O)ccc1N. The van der Waals surface area contributed by atoms with E-state index in [1.54, 1.807) is 20.8 Å². The van der Waals surface area contributed by atoms with Crippen LogP contribution in [0.3, 0.4) is 0 Å². The molecule has 0 saturated carbocycles. The van der Waals surface area contributed by atoms with Gasteiger partial charge in [0, 0.05) is 18.8 Å². The summed E-state index contributed by atoms with van der Waals surface area (Å²) < 4.78 is 49.5. The minimum atomic E-state index is -3.82. The van der Waals surface area contributed by atoms with Crippen molar-refractivity contribution >= 4 is 25.5 Å². The monoisotopic (exact) mass is 320 g/mol. The molecule has 0 aliphatic rings. The summed E-state index contributed by atoms with van der Waals surface area (Å²) in [5.74, 6) is 0. The second-order valence-electron chi connectivity index (χ2n) is 4.77. The van der Waals surface area contributed by atoms with Gasteiger partial charge in [-0.05, 0) is 32.0 Å². The molecule has 0 spiro atoms. The van der Waals surface area contributed by atoms with Crippen LogP contribution in [0.5, 0.6) is 0 Å². The van der Waals surface area contributed by atoms with Crippen molar-refractivity contribution in [1.29, 1.82) is 0 Å². The second kappa shape index (κ2) is 5.71. The number of hydrogen-bond donors (Lipinski definition) is 1. The number of nitrogens with zero attached hydrogens (tertiary/aromatic N) is 1. The van der Waals surface area contributed by atoms with Gasteiger partial charge in [-0.25, -0.2) is 16.8 Å². The highest BCUT2D eigenvalue weighted by Crippen LogP contribution is 2.26. The minimum Gasteiger partial charge on any atom is -0.398 e. The zero-order chi connectivity index (χ0) is 15.7. The van der Waals surface area contributed by atoms with Crippen molar-refractivity contribution in [3.8, 4) is 0 Å². The van der Waals surface area contributed by atoms with E-state index < -0.39 is 19.9 Å². The minimum absolute atomic E-state index is 0.0384. The first kappa shape index (κ1) is 16.9. The second-order valence-corrected chi connectivity index (χ2v) is 8.65. The van der Waals surface area contributed by atoms with Crippen molar-refractivity contribution in [2.75, 3.05) is 18.5 Å².